The minimum absolute atomic E-state index is 0.0671. The number of fused-ring (bicyclic) bond motifs is 2. The smallest absolute Gasteiger partial charge is 0.291 e. The molecule has 0 radical (unpaired) electrons. The Hall–Kier alpha value is -3.06. The standard InChI is InChI=1S/C22H24ClN9O2S/c1-3-13-17(23)16-18(26-13)28-22(29-20(16)32-8-11(24)9-32)35-12-4-5-14-15(6-12)27-19(31-30-14)21(34)25-7-10(2)33/h4-6,10-11,33H,3,7-9,24H2,1-2H3,(H,25,34)(H,26,28,29)/t10-/m0/s1. The number of aryl methyl sites for hydroxylation is 1. The Morgan fingerprint density at radius 3 is 2.83 bits per heavy atom. The Balaban J connectivity index is 1.47. The van der Waals surface area contributed by atoms with Gasteiger partial charge in [-0.25, -0.2) is 15.0 Å². The van der Waals surface area contributed by atoms with Gasteiger partial charge < -0.3 is 26.0 Å². The molecule has 35 heavy (non-hydrogen) atoms. The summed E-state index contributed by atoms with van der Waals surface area (Å²) in [6.07, 6.45) is 0.0776. The summed E-state index contributed by atoms with van der Waals surface area (Å²) in [7, 11) is 0. The molecule has 4 heterocycles. The second-order valence-corrected chi connectivity index (χ2v) is 9.86. The third-order valence-electron chi connectivity index (χ3n) is 5.58. The van der Waals surface area contributed by atoms with Crippen molar-refractivity contribution < 1.29 is 9.90 Å². The first-order chi connectivity index (χ1) is 16.8. The largest absolute Gasteiger partial charge is 0.392 e. The molecule has 0 aliphatic carbocycles. The van der Waals surface area contributed by atoms with Crippen molar-refractivity contribution in [2.45, 2.75) is 42.5 Å². The van der Waals surface area contributed by atoms with Crippen molar-refractivity contribution in [1.82, 2.24) is 35.5 Å². The van der Waals surface area contributed by atoms with Gasteiger partial charge >= 0.3 is 0 Å². The van der Waals surface area contributed by atoms with Gasteiger partial charge in [0.05, 0.1) is 22.0 Å². The maximum atomic E-state index is 12.3. The van der Waals surface area contributed by atoms with Crippen molar-refractivity contribution >= 4 is 57.2 Å². The number of H-pyrrole nitrogens is 1. The van der Waals surface area contributed by atoms with Gasteiger partial charge in [0.25, 0.3) is 5.91 Å². The number of carbonyl (C=O) groups excluding carboxylic acids is 1. The molecule has 4 aromatic rings. The van der Waals surface area contributed by atoms with Crippen LogP contribution in [0.4, 0.5) is 5.82 Å². The first-order valence-electron chi connectivity index (χ1n) is 11.2. The molecule has 13 heteroatoms. The number of benzene rings is 1. The van der Waals surface area contributed by atoms with Crippen LogP contribution in [0.1, 0.15) is 30.2 Å². The molecule has 1 fully saturated rings. The number of nitrogens with two attached hydrogens (primary N) is 1. The summed E-state index contributed by atoms with van der Waals surface area (Å²) in [5, 5.41) is 21.9. The third-order valence-corrected chi connectivity index (χ3v) is 6.85. The zero-order valence-electron chi connectivity index (χ0n) is 19.1. The number of anilines is 1. The van der Waals surface area contributed by atoms with Crippen molar-refractivity contribution in [3.05, 3.63) is 34.7 Å². The molecule has 1 saturated heterocycles. The van der Waals surface area contributed by atoms with Crippen LogP contribution < -0.4 is 16.0 Å². The number of aromatic nitrogens is 6. The number of aliphatic hydroxyl groups excluding tert-OH is 1. The number of amides is 1. The third kappa shape index (κ3) is 4.74. The number of nitrogens with zero attached hydrogens (tertiary/aromatic N) is 6. The highest BCUT2D eigenvalue weighted by atomic mass is 35.5. The number of hydrogen-bond acceptors (Lipinski definition) is 10. The molecule has 1 aliphatic heterocycles. The fourth-order valence-corrected chi connectivity index (χ4v) is 4.91. The van der Waals surface area contributed by atoms with Crippen molar-refractivity contribution in [1.29, 1.82) is 0 Å². The topological polar surface area (TPSA) is 159 Å². The molecular weight excluding hydrogens is 490 g/mol. The SMILES string of the molecule is CCc1[nH]c2nc(Sc3ccc4nnc(C(=O)NC[C@H](C)O)nc4c3)nc(N3CC(N)C3)c2c1Cl. The Kier molecular flexibility index (Phi) is 6.45. The fraction of sp³-hybridized carbons (Fsp3) is 0.364. The summed E-state index contributed by atoms with van der Waals surface area (Å²) in [5.74, 6) is 0.199. The van der Waals surface area contributed by atoms with Gasteiger partial charge in [0.1, 0.15) is 17.0 Å². The average Bonchev–Trinajstić information content (AvgIpc) is 3.15. The Morgan fingerprint density at radius 1 is 1.31 bits per heavy atom. The average molecular weight is 514 g/mol. The molecular formula is C22H24ClN9O2S. The van der Waals surface area contributed by atoms with Crippen LogP contribution in [0, 0.1) is 0 Å². The molecule has 182 valence electrons. The van der Waals surface area contributed by atoms with Gasteiger partial charge in [-0.2, -0.15) is 0 Å². The number of rotatable bonds is 7. The van der Waals surface area contributed by atoms with Crippen LogP contribution in [0.25, 0.3) is 22.1 Å². The van der Waals surface area contributed by atoms with Gasteiger partial charge in [-0.05, 0) is 43.3 Å². The van der Waals surface area contributed by atoms with Gasteiger partial charge in [0, 0.05) is 36.3 Å². The predicted molar refractivity (Wildman–Crippen MR) is 134 cm³/mol. The van der Waals surface area contributed by atoms with E-state index in [0.717, 1.165) is 28.2 Å². The maximum Gasteiger partial charge on any atom is 0.291 e. The molecule has 1 aromatic carbocycles. The van der Waals surface area contributed by atoms with E-state index in [2.05, 4.69) is 30.4 Å². The van der Waals surface area contributed by atoms with Gasteiger partial charge in [0.2, 0.25) is 5.82 Å². The summed E-state index contributed by atoms with van der Waals surface area (Å²) >= 11 is 8.01. The van der Waals surface area contributed by atoms with Crippen molar-refractivity contribution in [2.24, 2.45) is 5.73 Å². The molecule has 0 spiro atoms. The number of halogens is 1. The lowest BCUT2D eigenvalue weighted by molar-refractivity contribution is 0.0913. The highest BCUT2D eigenvalue weighted by molar-refractivity contribution is 7.99. The van der Waals surface area contributed by atoms with Crippen molar-refractivity contribution in [2.75, 3.05) is 24.5 Å². The molecule has 11 nitrogen and oxygen atoms in total. The van der Waals surface area contributed by atoms with Crippen LogP contribution in [0.15, 0.2) is 28.3 Å². The summed E-state index contributed by atoms with van der Waals surface area (Å²) in [5.41, 5.74) is 8.67. The summed E-state index contributed by atoms with van der Waals surface area (Å²) in [6, 6.07) is 5.58. The van der Waals surface area contributed by atoms with E-state index in [9.17, 15) is 9.90 Å². The summed E-state index contributed by atoms with van der Waals surface area (Å²) in [4.78, 5) is 32.4. The van der Waals surface area contributed by atoms with E-state index in [4.69, 9.17) is 27.3 Å². The van der Waals surface area contributed by atoms with Crippen molar-refractivity contribution in [3.8, 4) is 0 Å². The van der Waals surface area contributed by atoms with Crippen LogP contribution in [0.5, 0.6) is 0 Å². The Morgan fingerprint density at radius 2 is 2.11 bits per heavy atom. The lowest BCUT2D eigenvalue weighted by atomic mass is 10.1. The lowest BCUT2D eigenvalue weighted by Crippen LogP contribution is -2.56. The van der Waals surface area contributed by atoms with E-state index in [1.165, 1.54) is 11.8 Å². The monoisotopic (exact) mass is 513 g/mol. The molecule has 1 aliphatic rings. The second kappa shape index (κ2) is 9.53. The maximum absolute atomic E-state index is 12.3. The van der Waals surface area contributed by atoms with Crippen LogP contribution in [0.3, 0.4) is 0 Å². The lowest BCUT2D eigenvalue weighted by Gasteiger charge is -2.38. The molecule has 0 bridgehead atoms. The van der Waals surface area contributed by atoms with Crippen LogP contribution in [-0.2, 0) is 6.42 Å². The zero-order valence-corrected chi connectivity index (χ0v) is 20.7. The number of aromatic amines is 1. The van der Waals surface area contributed by atoms with Crippen LogP contribution in [0.2, 0.25) is 5.02 Å². The molecule has 5 rings (SSSR count). The van der Waals surface area contributed by atoms with E-state index in [0.29, 0.717) is 39.9 Å². The van der Waals surface area contributed by atoms with E-state index in [-0.39, 0.29) is 18.4 Å². The molecule has 5 N–H and O–H groups in total. The first kappa shape index (κ1) is 23.7. The van der Waals surface area contributed by atoms with Crippen molar-refractivity contribution in [3.63, 3.8) is 0 Å². The number of aliphatic hydroxyl groups is 1. The Labute approximate surface area is 209 Å². The summed E-state index contributed by atoms with van der Waals surface area (Å²) in [6.45, 7) is 5.12. The van der Waals surface area contributed by atoms with Crippen LogP contribution >= 0.6 is 23.4 Å². The molecule has 3 aromatic heterocycles. The van der Waals surface area contributed by atoms with Gasteiger partial charge in [0.15, 0.2) is 5.16 Å². The highest BCUT2D eigenvalue weighted by Crippen LogP contribution is 2.38. The van der Waals surface area contributed by atoms with E-state index in [1.807, 2.05) is 19.1 Å². The number of carbonyl (C=O) groups is 1. The van der Waals surface area contributed by atoms with Gasteiger partial charge in [-0.3, -0.25) is 4.79 Å². The highest BCUT2D eigenvalue weighted by Gasteiger charge is 2.29. The molecule has 0 unspecified atom stereocenters. The van der Waals surface area contributed by atoms with E-state index < -0.39 is 12.0 Å². The normalized spacial score (nSPS) is 14.9. The zero-order chi connectivity index (χ0) is 24.7. The Bertz CT molecular complexity index is 1420. The number of hydrogen-bond donors (Lipinski definition) is 4. The predicted octanol–water partition coefficient (Wildman–Crippen LogP) is 1.92. The minimum Gasteiger partial charge on any atom is -0.392 e. The minimum atomic E-state index is -0.674. The molecule has 1 amide bonds. The first-order valence-corrected chi connectivity index (χ1v) is 12.4. The van der Waals surface area contributed by atoms with Crippen LogP contribution in [-0.4, -0.2) is 72.9 Å². The summed E-state index contributed by atoms with van der Waals surface area (Å²) < 4.78 is 0. The van der Waals surface area contributed by atoms with E-state index in [1.54, 1.807) is 13.0 Å². The second-order valence-electron chi connectivity index (χ2n) is 8.44. The fourth-order valence-electron chi connectivity index (χ4n) is 3.77. The quantitative estimate of drug-likeness (QED) is 0.269. The molecule has 0 saturated carbocycles. The van der Waals surface area contributed by atoms with Gasteiger partial charge in [-0.1, -0.05) is 18.5 Å². The van der Waals surface area contributed by atoms with Gasteiger partial charge in [-0.15, -0.1) is 10.2 Å². The van der Waals surface area contributed by atoms with E-state index >= 15 is 0 Å². The number of nitrogens with one attached hydrogen (secondary N) is 2. The molecule has 1 atom stereocenters.